The zero-order valence-electron chi connectivity index (χ0n) is 8.85. The average molecular weight is 212 g/mol. The third-order valence-electron chi connectivity index (χ3n) is 3.31. The molecule has 2 atom stereocenters. The molecule has 5 heteroatoms. The maximum Gasteiger partial charge on any atom is 0.344 e. The van der Waals surface area contributed by atoms with Gasteiger partial charge in [0.2, 0.25) is 6.61 Å². The first-order chi connectivity index (χ1) is 7.16. The summed E-state index contributed by atoms with van der Waals surface area (Å²) in [5.74, 6) is -0.977. The molecule has 2 aliphatic heterocycles. The first-order valence-electron chi connectivity index (χ1n) is 5.28. The van der Waals surface area contributed by atoms with Crippen molar-refractivity contribution in [2.75, 3.05) is 13.7 Å². The second kappa shape index (κ2) is 4.18. The van der Waals surface area contributed by atoms with E-state index in [4.69, 9.17) is 9.94 Å². The summed E-state index contributed by atoms with van der Waals surface area (Å²) in [7, 11) is 2.15. The maximum atomic E-state index is 10.2. The van der Waals surface area contributed by atoms with Crippen LogP contribution in [0.5, 0.6) is 0 Å². The number of carbonyl (C=O) groups is 1. The number of fused-ring (bicyclic) bond motifs is 2. The Balaban J connectivity index is 1.88. The summed E-state index contributed by atoms with van der Waals surface area (Å²) >= 11 is 0. The number of nitrogens with zero attached hydrogens (tertiary/aromatic N) is 2. The highest BCUT2D eigenvalue weighted by Crippen LogP contribution is 2.32. The van der Waals surface area contributed by atoms with Gasteiger partial charge in [-0.3, -0.25) is 4.90 Å². The Morgan fingerprint density at radius 2 is 2.13 bits per heavy atom. The first-order valence-corrected chi connectivity index (χ1v) is 5.28. The Kier molecular flexibility index (Phi) is 2.90. The summed E-state index contributed by atoms with van der Waals surface area (Å²) in [6, 6.07) is 1.16. The van der Waals surface area contributed by atoms with Crippen molar-refractivity contribution in [2.45, 2.75) is 37.8 Å². The van der Waals surface area contributed by atoms with Crippen LogP contribution in [0.3, 0.4) is 0 Å². The largest absolute Gasteiger partial charge is 0.479 e. The molecule has 2 unspecified atom stereocenters. The van der Waals surface area contributed by atoms with Crippen molar-refractivity contribution in [1.82, 2.24) is 4.90 Å². The lowest BCUT2D eigenvalue weighted by atomic mass is 10.0. The lowest BCUT2D eigenvalue weighted by molar-refractivity contribution is -0.142. The quantitative estimate of drug-likeness (QED) is 0.699. The van der Waals surface area contributed by atoms with Crippen molar-refractivity contribution < 1.29 is 14.7 Å². The van der Waals surface area contributed by atoms with Crippen LogP contribution >= 0.6 is 0 Å². The Hall–Kier alpha value is -1.10. The third-order valence-corrected chi connectivity index (χ3v) is 3.31. The molecule has 84 valence electrons. The fourth-order valence-electron chi connectivity index (χ4n) is 2.46. The molecule has 2 heterocycles. The number of piperidine rings is 1. The summed E-state index contributed by atoms with van der Waals surface area (Å²) in [6.07, 6.45) is 4.29. The zero-order valence-corrected chi connectivity index (χ0v) is 8.85. The number of rotatable bonds is 3. The van der Waals surface area contributed by atoms with E-state index in [1.807, 2.05) is 0 Å². The molecule has 0 radical (unpaired) electrons. The standard InChI is InChI=1S/C10H16N2O3/c1-12-8-2-3-9(12)5-7(4-8)11-15-6-10(13)14/h8-9H,2-6H2,1H3,(H,13,14). The van der Waals surface area contributed by atoms with Crippen LogP contribution in [0.15, 0.2) is 5.16 Å². The molecule has 2 fully saturated rings. The van der Waals surface area contributed by atoms with Gasteiger partial charge in [0.05, 0.1) is 5.71 Å². The molecule has 1 N–H and O–H groups in total. The fraction of sp³-hybridized carbons (Fsp3) is 0.800. The molecule has 2 aliphatic rings. The predicted molar refractivity (Wildman–Crippen MR) is 54.8 cm³/mol. The fourth-order valence-corrected chi connectivity index (χ4v) is 2.46. The number of oxime groups is 1. The molecule has 0 aromatic rings. The third kappa shape index (κ3) is 2.28. The van der Waals surface area contributed by atoms with Crippen LogP contribution in [0.1, 0.15) is 25.7 Å². The van der Waals surface area contributed by atoms with Crippen LogP contribution in [-0.2, 0) is 9.63 Å². The minimum atomic E-state index is -0.977. The molecule has 0 aromatic heterocycles. The summed E-state index contributed by atoms with van der Waals surface area (Å²) in [5, 5.41) is 12.3. The van der Waals surface area contributed by atoms with Gasteiger partial charge in [-0.25, -0.2) is 4.79 Å². The van der Waals surface area contributed by atoms with Crippen molar-refractivity contribution >= 4 is 11.7 Å². The Bertz CT molecular complexity index is 274. The number of carboxylic acids is 1. The molecular formula is C10H16N2O3. The van der Waals surface area contributed by atoms with Gasteiger partial charge >= 0.3 is 5.97 Å². The normalized spacial score (nSPS) is 30.3. The van der Waals surface area contributed by atoms with E-state index in [1.54, 1.807) is 0 Å². The maximum absolute atomic E-state index is 10.2. The summed E-state index contributed by atoms with van der Waals surface area (Å²) in [4.78, 5) is 17.4. The van der Waals surface area contributed by atoms with E-state index in [0.717, 1.165) is 18.6 Å². The Labute approximate surface area is 88.7 Å². The zero-order chi connectivity index (χ0) is 10.8. The lowest BCUT2D eigenvalue weighted by Gasteiger charge is -2.31. The highest BCUT2D eigenvalue weighted by molar-refractivity contribution is 5.86. The number of hydrogen-bond acceptors (Lipinski definition) is 4. The van der Waals surface area contributed by atoms with Crippen molar-refractivity contribution in [1.29, 1.82) is 0 Å². The van der Waals surface area contributed by atoms with Crippen molar-refractivity contribution in [3.8, 4) is 0 Å². The summed E-state index contributed by atoms with van der Waals surface area (Å²) in [5.41, 5.74) is 1.02. The highest BCUT2D eigenvalue weighted by Gasteiger charge is 2.36. The topological polar surface area (TPSA) is 62.1 Å². The van der Waals surface area contributed by atoms with Crippen LogP contribution in [0.2, 0.25) is 0 Å². The van der Waals surface area contributed by atoms with Crippen molar-refractivity contribution in [3.63, 3.8) is 0 Å². The molecule has 0 spiro atoms. The molecule has 15 heavy (non-hydrogen) atoms. The molecule has 5 nitrogen and oxygen atoms in total. The van der Waals surface area contributed by atoms with Crippen molar-refractivity contribution in [3.05, 3.63) is 0 Å². The number of aliphatic carboxylic acids is 1. The van der Waals surface area contributed by atoms with Crippen LogP contribution < -0.4 is 0 Å². The van der Waals surface area contributed by atoms with Gasteiger partial charge in [-0.1, -0.05) is 5.16 Å². The minimum absolute atomic E-state index is 0.339. The van der Waals surface area contributed by atoms with Gasteiger partial charge in [-0.05, 0) is 19.9 Å². The van der Waals surface area contributed by atoms with Crippen LogP contribution in [0.4, 0.5) is 0 Å². The van der Waals surface area contributed by atoms with Gasteiger partial charge in [0.15, 0.2) is 0 Å². The highest BCUT2D eigenvalue weighted by atomic mass is 16.6. The van der Waals surface area contributed by atoms with E-state index in [9.17, 15) is 4.79 Å². The lowest BCUT2D eigenvalue weighted by Crippen LogP contribution is -2.40. The van der Waals surface area contributed by atoms with E-state index in [1.165, 1.54) is 12.8 Å². The van der Waals surface area contributed by atoms with Crippen LogP contribution in [0.25, 0.3) is 0 Å². The average Bonchev–Trinajstić information content (AvgIpc) is 2.42. The van der Waals surface area contributed by atoms with Crippen LogP contribution in [0, 0.1) is 0 Å². The molecular weight excluding hydrogens is 196 g/mol. The second-order valence-electron chi connectivity index (χ2n) is 4.28. The molecule has 2 bridgehead atoms. The van der Waals surface area contributed by atoms with Gasteiger partial charge in [-0.2, -0.15) is 0 Å². The SMILES string of the molecule is CN1C2CCC1CC(=NOCC(=O)O)C2. The van der Waals surface area contributed by atoms with Crippen molar-refractivity contribution in [2.24, 2.45) is 5.16 Å². The molecule has 0 saturated carbocycles. The smallest absolute Gasteiger partial charge is 0.344 e. The second-order valence-corrected chi connectivity index (χ2v) is 4.28. The van der Waals surface area contributed by atoms with E-state index in [2.05, 4.69) is 17.1 Å². The molecule has 2 saturated heterocycles. The molecule has 2 rings (SSSR count). The van der Waals surface area contributed by atoms with Gasteiger partial charge in [0, 0.05) is 24.9 Å². The van der Waals surface area contributed by atoms with Gasteiger partial charge in [0.1, 0.15) is 0 Å². The molecule has 0 amide bonds. The van der Waals surface area contributed by atoms with E-state index in [-0.39, 0.29) is 6.61 Å². The monoisotopic (exact) mass is 212 g/mol. The predicted octanol–water partition coefficient (Wildman–Crippen LogP) is 0.700. The van der Waals surface area contributed by atoms with E-state index in [0.29, 0.717) is 12.1 Å². The van der Waals surface area contributed by atoms with Gasteiger partial charge in [-0.15, -0.1) is 0 Å². The number of carboxylic acid groups (broad SMARTS) is 1. The summed E-state index contributed by atoms with van der Waals surface area (Å²) in [6.45, 7) is -0.339. The van der Waals surface area contributed by atoms with E-state index >= 15 is 0 Å². The van der Waals surface area contributed by atoms with Gasteiger partial charge < -0.3 is 9.94 Å². The van der Waals surface area contributed by atoms with Crippen LogP contribution in [-0.4, -0.2) is 47.4 Å². The Morgan fingerprint density at radius 3 is 2.67 bits per heavy atom. The minimum Gasteiger partial charge on any atom is -0.479 e. The Morgan fingerprint density at radius 1 is 1.53 bits per heavy atom. The summed E-state index contributed by atoms with van der Waals surface area (Å²) < 4.78 is 0. The first kappa shape index (κ1) is 10.4. The molecule has 0 aromatic carbocycles. The van der Waals surface area contributed by atoms with E-state index < -0.39 is 5.97 Å². The molecule has 0 aliphatic carbocycles. The van der Waals surface area contributed by atoms with Gasteiger partial charge in [0.25, 0.3) is 0 Å². The number of hydrogen-bond donors (Lipinski definition) is 1.